The smallest absolute Gasteiger partial charge is 0.436 e. The number of aliphatic imine (C=N–C) groups is 1. The van der Waals surface area contributed by atoms with E-state index in [-0.39, 0.29) is 0 Å². The lowest BCUT2D eigenvalue weighted by molar-refractivity contribution is 0.163. The summed E-state index contributed by atoms with van der Waals surface area (Å²) in [6, 6.07) is 7.68. The summed E-state index contributed by atoms with van der Waals surface area (Å²) in [6.07, 6.45) is -0.549. The van der Waals surface area contributed by atoms with Gasteiger partial charge in [0.15, 0.2) is 5.17 Å². The van der Waals surface area contributed by atoms with Crippen molar-refractivity contribution in [3.05, 3.63) is 24.3 Å². The molecule has 1 aliphatic heterocycles. The van der Waals surface area contributed by atoms with Crippen LogP contribution in [-0.2, 0) is 4.74 Å². The third-order valence-electron chi connectivity index (χ3n) is 2.61. The van der Waals surface area contributed by atoms with Gasteiger partial charge in [0.2, 0.25) is 0 Å². The third-order valence-corrected chi connectivity index (χ3v) is 3.56. The Balaban J connectivity index is 2.25. The van der Waals surface area contributed by atoms with E-state index in [9.17, 15) is 4.79 Å². The topological polar surface area (TPSA) is 51.1 Å². The van der Waals surface area contributed by atoms with Gasteiger partial charge in [-0.25, -0.2) is 4.79 Å². The van der Waals surface area contributed by atoms with E-state index in [0.29, 0.717) is 11.8 Å². The molecule has 6 heteroatoms. The van der Waals surface area contributed by atoms with E-state index < -0.39 is 6.09 Å². The molecule has 2 rings (SSSR count). The first-order valence-corrected chi connectivity index (χ1v) is 7.03. The van der Waals surface area contributed by atoms with Gasteiger partial charge >= 0.3 is 6.09 Å². The third kappa shape index (κ3) is 3.20. The summed E-state index contributed by atoms with van der Waals surface area (Å²) < 4.78 is 10.2. The second kappa shape index (κ2) is 6.47. The van der Waals surface area contributed by atoms with E-state index >= 15 is 0 Å². The molecule has 0 atom stereocenters. The fourth-order valence-corrected chi connectivity index (χ4v) is 2.75. The van der Waals surface area contributed by atoms with Gasteiger partial charge in [-0.05, 0) is 19.1 Å². The fourth-order valence-electron chi connectivity index (χ4n) is 1.80. The molecule has 0 bridgehead atoms. The second-order valence-corrected chi connectivity index (χ2v) is 4.83. The Kier molecular flexibility index (Phi) is 4.68. The number of benzene rings is 1. The van der Waals surface area contributed by atoms with E-state index in [1.807, 2.05) is 29.2 Å². The number of amides is 1. The number of hydrogen-bond donors (Lipinski definition) is 0. The number of methoxy groups -OCH3 is 1. The summed E-state index contributed by atoms with van der Waals surface area (Å²) in [5, 5.41) is 0.656. The first-order chi connectivity index (χ1) is 9.26. The maximum absolute atomic E-state index is 11.4. The van der Waals surface area contributed by atoms with Crippen molar-refractivity contribution < 1.29 is 14.3 Å². The molecule has 1 amide bonds. The standard InChI is InChI=1S/C13H16N2O3S/c1-3-18-13(16)14-12-15(8-9-19-12)10-6-4-5-7-11(10)17-2/h4-7H,3,8-9H2,1-2H3/b14-12-. The highest BCUT2D eigenvalue weighted by Gasteiger charge is 2.24. The molecule has 0 spiro atoms. The fraction of sp³-hybridized carbons (Fsp3) is 0.385. The summed E-state index contributed by atoms with van der Waals surface area (Å²) >= 11 is 1.54. The maximum atomic E-state index is 11.4. The van der Waals surface area contributed by atoms with Gasteiger partial charge in [0.1, 0.15) is 5.75 Å². The Labute approximate surface area is 116 Å². The first-order valence-electron chi connectivity index (χ1n) is 6.05. The van der Waals surface area contributed by atoms with Crippen LogP contribution in [0.15, 0.2) is 29.3 Å². The lowest BCUT2D eigenvalue weighted by atomic mass is 10.2. The number of ether oxygens (including phenoxy) is 2. The van der Waals surface area contributed by atoms with Crippen molar-refractivity contribution in [2.45, 2.75) is 6.92 Å². The summed E-state index contributed by atoms with van der Waals surface area (Å²) in [5.74, 6) is 1.65. The molecule has 19 heavy (non-hydrogen) atoms. The molecule has 1 aliphatic rings. The van der Waals surface area contributed by atoms with Crippen molar-refractivity contribution in [2.24, 2.45) is 4.99 Å². The van der Waals surface area contributed by atoms with Crippen molar-refractivity contribution in [3.8, 4) is 5.75 Å². The van der Waals surface area contributed by atoms with Crippen molar-refractivity contribution >= 4 is 28.7 Å². The Hall–Kier alpha value is -1.69. The zero-order chi connectivity index (χ0) is 13.7. The molecule has 0 saturated carbocycles. The molecule has 1 fully saturated rings. The molecule has 1 aromatic carbocycles. The van der Waals surface area contributed by atoms with Gasteiger partial charge in [-0.1, -0.05) is 23.9 Å². The Bertz CT molecular complexity index is 491. The number of hydrogen-bond acceptors (Lipinski definition) is 4. The normalized spacial score (nSPS) is 16.7. The van der Waals surface area contributed by atoms with Crippen LogP contribution in [0.4, 0.5) is 10.5 Å². The molecule has 102 valence electrons. The quantitative estimate of drug-likeness (QED) is 0.852. The summed E-state index contributed by atoms with van der Waals surface area (Å²) in [4.78, 5) is 17.4. The molecule has 0 radical (unpaired) electrons. The lowest BCUT2D eigenvalue weighted by Gasteiger charge is -2.20. The van der Waals surface area contributed by atoms with E-state index in [1.165, 1.54) is 11.8 Å². The molecule has 5 nitrogen and oxygen atoms in total. The summed E-state index contributed by atoms with van der Waals surface area (Å²) in [6.45, 7) is 2.89. The van der Waals surface area contributed by atoms with Gasteiger partial charge in [-0.15, -0.1) is 0 Å². The van der Waals surface area contributed by atoms with Crippen LogP contribution in [0.2, 0.25) is 0 Å². The Morgan fingerprint density at radius 1 is 1.47 bits per heavy atom. The lowest BCUT2D eigenvalue weighted by Crippen LogP contribution is -2.25. The van der Waals surface area contributed by atoms with Crippen molar-refractivity contribution in [3.63, 3.8) is 0 Å². The van der Waals surface area contributed by atoms with Crippen molar-refractivity contribution in [2.75, 3.05) is 30.9 Å². The van der Waals surface area contributed by atoms with Crippen LogP contribution in [0.1, 0.15) is 6.92 Å². The van der Waals surface area contributed by atoms with Gasteiger partial charge < -0.3 is 14.4 Å². The van der Waals surface area contributed by atoms with Crippen LogP contribution in [0.25, 0.3) is 0 Å². The van der Waals surface area contributed by atoms with Gasteiger partial charge in [0.05, 0.1) is 19.4 Å². The van der Waals surface area contributed by atoms with E-state index in [1.54, 1.807) is 14.0 Å². The van der Waals surface area contributed by atoms with Crippen molar-refractivity contribution in [1.29, 1.82) is 0 Å². The van der Waals surface area contributed by atoms with Crippen LogP contribution in [0.3, 0.4) is 0 Å². The number of carbonyl (C=O) groups excluding carboxylic acids is 1. The van der Waals surface area contributed by atoms with Crippen molar-refractivity contribution in [1.82, 2.24) is 0 Å². The minimum absolute atomic E-state index is 0.328. The molecular formula is C13H16N2O3S. The highest BCUT2D eigenvalue weighted by atomic mass is 32.2. The Morgan fingerprint density at radius 2 is 2.26 bits per heavy atom. The molecule has 0 unspecified atom stereocenters. The number of amidine groups is 1. The predicted molar refractivity (Wildman–Crippen MR) is 77.3 cm³/mol. The average molecular weight is 280 g/mol. The minimum atomic E-state index is -0.549. The predicted octanol–water partition coefficient (Wildman–Crippen LogP) is 2.76. The SMILES string of the molecule is CCOC(=O)/N=C1\SCCN1c1ccccc1OC. The molecule has 0 aromatic heterocycles. The molecular weight excluding hydrogens is 264 g/mol. The van der Waals surface area contributed by atoms with Gasteiger partial charge in [0.25, 0.3) is 0 Å². The number of thioether (sulfide) groups is 1. The second-order valence-electron chi connectivity index (χ2n) is 3.77. The zero-order valence-corrected chi connectivity index (χ0v) is 11.8. The van der Waals surface area contributed by atoms with Gasteiger partial charge in [0, 0.05) is 12.3 Å². The summed E-state index contributed by atoms with van der Waals surface area (Å²) in [7, 11) is 1.63. The molecule has 1 heterocycles. The monoisotopic (exact) mass is 280 g/mol. The van der Waals surface area contributed by atoms with Crippen LogP contribution in [0, 0.1) is 0 Å². The molecule has 0 aliphatic carbocycles. The number of carbonyl (C=O) groups is 1. The number of rotatable bonds is 3. The summed E-state index contributed by atoms with van der Waals surface area (Å²) in [5.41, 5.74) is 0.915. The van der Waals surface area contributed by atoms with E-state index in [0.717, 1.165) is 23.7 Å². The zero-order valence-electron chi connectivity index (χ0n) is 11.0. The molecule has 1 saturated heterocycles. The molecule has 0 N–H and O–H groups in total. The van der Waals surface area contributed by atoms with Crippen LogP contribution >= 0.6 is 11.8 Å². The number of anilines is 1. The minimum Gasteiger partial charge on any atom is -0.495 e. The number of para-hydroxylation sites is 2. The Morgan fingerprint density at radius 3 is 3.00 bits per heavy atom. The van der Waals surface area contributed by atoms with Crippen LogP contribution in [0.5, 0.6) is 5.75 Å². The highest BCUT2D eigenvalue weighted by molar-refractivity contribution is 8.14. The van der Waals surface area contributed by atoms with Crippen LogP contribution < -0.4 is 9.64 Å². The van der Waals surface area contributed by atoms with Gasteiger partial charge in [-0.3, -0.25) is 0 Å². The first kappa shape index (κ1) is 13.7. The van der Waals surface area contributed by atoms with E-state index in [2.05, 4.69) is 4.99 Å². The largest absolute Gasteiger partial charge is 0.495 e. The van der Waals surface area contributed by atoms with Gasteiger partial charge in [-0.2, -0.15) is 4.99 Å². The average Bonchev–Trinajstić information content (AvgIpc) is 2.86. The van der Waals surface area contributed by atoms with Crippen LogP contribution in [-0.4, -0.2) is 37.3 Å². The van der Waals surface area contributed by atoms with E-state index in [4.69, 9.17) is 9.47 Å². The molecule has 1 aromatic rings. The highest BCUT2D eigenvalue weighted by Crippen LogP contribution is 2.33. The number of nitrogens with zero attached hydrogens (tertiary/aromatic N) is 2. The maximum Gasteiger partial charge on any atom is 0.436 e.